The van der Waals surface area contributed by atoms with Gasteiger partial charge in [0.1, 0.15) is 6.23 Å². The molecule has 13 heteroatoms. The third kappa shape index (κ3) is 12.6. The summed E-state index contributed by atoms with van der Waals surface area (Å²) in [5.74, 6) is -6.86. The van der Waals surface area contributed by atoms with Crippen LogP contribution in [0.1, 0.15) is 6.92 Å². The Bertz CT molecular complexity index is 433. The Balaban J connectivity index is -0.00000220. The number of carboxylic acid groups (broad SMARTS) is 4. The molecule has 0 aliphatic rings. The van der Waals surface area contributed by atoms with E-state index in [9.17, 15) is 44.7 Å². The second-order valence-electron chi connectivity index (χ2n) is 4.49. The Kier molecular flexibility index (Phi) is 17.5. The van der Waals surface area contributed by atoms with Crippen LogP contribution in [-0.4, -0.2) is 153 Å². The first-order valence-electron chi connectivity index (χ1n) is 6.01. The number of aliphatic hydroxyl groups is 1. The zero-order chi connectivity index (χ0) is 17.4. The largest absolute Gasteiger partial charge is 2.00 e. The Morgan fingerprint density at radius 1 is 0.833 bits per heavy atom. The van der Waals surface area contributed by atoms with Crippen molar-refractivity contribution in [1.29, 1.82) is 0 Å². The maximum Gasteiger partial charge on any atom is 2.00 e. The van der Waals surface area contributed by atoms with Crippen molar-refractivity contribution < 1.29 is 44.7 Å². The third-order valence-corrected chi connectivity index (χ3v) is 2.68. The van der Waals surface area contributed by atoms with Gasteiger partial charge in [-0.2, -0.15) is 0 Å². The number of hydrogen-bond donors (Lipinski definition) is 1. The molecule has 1 N–H and O–H groups in total. The molecule has 2 atom stereocenters. The molecule has 0 aliphatic heterocycles. The van der Waals surface area contributed by atoms with Gasteiger partial charge in [0.2, 0.25) is 0 Å². The molecule has 0 amide bonds. The predicted octanol–water partition coefficient (Wildman–Crippen LogP) is -8.46. The van der Waals surface area contributed by atoms with Gasteiger partial charge in [0.05, 0.1) is 23.9 Å². The van der Waals surface area contributed by atoms with E-state index in [1.54, 1.807) is 0 Å². The van der Waals surface area contributed by atoms with Gasteiger partial charge in [0.15, 0.2) is 0 Å². The molecule has 126 valence electrons. The monoisotopic (exact) mass is 398 g/mol. The summed E-state index contributed by atoms with van der Waals surface area (Å²) in [6.45, 7) is -1.78. The predicted molar refractivity (Wildman–Crippen MR) is 70.2 cm³/mol. The smallest absolute Gasteiger partial charge is 0.549 e. The molecular formula is C11H14Ca2N2O9. The van der Waals surface area contributed by atoms with E-state index < -0.39 is 62.3 Å². The fraction of sp³-hybridized carbons (Fsp3) is 0.636. The number of aliphatic carboxylic acids is 4. The zero-order valence-corrected chi connectivity index (χ0v) is 17.4. The summed E-state index contributed by atoms with van der Waals surface area (Å²) in [5, 5.41) is 51.6. The van der Waals surface area contributed by atoms with E-state index in [1.165, 1.54) is 6.92 Å². The van der Waals surface area contributed by atoms with Gasteiger partial charge in [-0.25, -0.2) is 0 Å². The van der Waals surface area contributed by atoms with Crippen molar-refractivity contribution in [2.24, 2.45) is 0 Å². The number of carboxylic acids is 4. The molecule has 0 bridgehead atoms. The van der Waals surface area contributed by atoms with E-state index in [1.807, 2.05) is 0 Å². The summed E-state index contributed by atoms with van der Waals surface area (Å²) in [5.41, 5.74) is 0. The number of nitrogens with zero attached hydrogens (tertiary/aromatic N) is 2. The summed E-state index contributed by atoms with van der Waals surface area (Å²) >= 11 is 0. The minimum absolute atomic E-state index is 0. The van der Waals surface area contributed by atoms with Gasteiger partial charge in [-0.3, -0.25) is 9.80 Å². The van der Waals surface area contributed by atoms with Gasteiger partial charge in [-0.05, 0) is 6.92 Å². The molecule has 0 spiro atoms. The van der Waals surface area contributed by atoms with Crippen LogP contribution in [0.2, 0.25) is 0 Å². The Morgan fingerprint density at radius 3 is 1.46 bits per heavy atom. The minimum atomic E-state index is -2.28. The molecule has 0 fully saturated rings. The SMILES string of the molecule is CC(CN(CC(=O)[O-])C(O)C(=O)[O-])N(CC(=O)[O-])CC(=O)[O-].[Ca+2].[Ca+2]. The molecule has 0 heterocycles. The van der Waals surface area contributed by atoms with Crippen LogP contribution in [0, 0.1) is 0 Å². The average molecular weight is 398 g/mol. The van der Waals surface area contributed by atoms with E-state index in [0.717, 1.165) is 4.90 Å². The summed E-state index contributed by atoms with van der Waals surface area (Å²) in [6.07, 6.45) is -2.28. The number of hydrogen-bond acceptors (Lipinski definition) is 11. The summed E-state index contributed by atoms with van der Waals surface area (Å²) in [4.78, 5) is 43.6. The number of aliphatic hydroxyl groups excluding tert-OH is 1. The normalized spacial score (nSPS) is 12.7. The van der Waals surface area contributed by atoms with E-state index in [2.05, 4.69) is 0 Å². The standard InChI is InChI=1S/C11H18N2O9.2Ca/c1-6(12(3-7(14)15)4-8(16)17)2-13(5-9(18)19)10(20)11(21)22;;/h6,10,20H,2-5H2,1H3,(H,14,15)(H,16,17)(H,18,19)(H,21,22);;/q;2*+2/p-4. The Hall–Kier alpha value is 0.279. The first kappa shape index (κ1) is 29.1. The van der Waals surface area contributed by atoms with Crippen molar-refractivity contribution >= 4 is 99.4 Å². The van der Waals surface area contributed by atoms with E-state index in [4.69, 9.17) is 0 Å². The molecule has 0 aliphatic carbocycles. The first-order valence-corrected chi connectivity index (χ1v) is 6.01. The molecule has 0 aromatic carbocycles. The molecule has 24 heavy (non-hydrogen) atoms. The zero-order valence-electron chi connectivity index (χ0n) is 13.0. The van der Waals surface area contributed by atoms with E-state index >= 15 is 0 Å². The summed E-state index contributed by atoms with van der Waals surface area (Å²) in [7, 11) is 0. The second kappa shape index (κ2) is 14.4. The molecule has 0 radical (unpaired) electrons. The van der Waals surface area contributed by atoms with Gasteiger partial charge in [0, 0.05) is 32.2 Å². The quantitative estimate of drug-likeness (QED) is 0.257. The molecule has 11 nitrogen and oxygen atoms in total. The maximum absolute atomic E-state index is 10.6. The Labute approximate surface area is 197 Å². The van der Waals surface area contributed by atoms with Crippen LogP contribution in [0.25, 0.3) is 0 Å². The summed E-state index contributed by atoms with van der Waals surface area (Å²) in [6, 6.07) is -0.954. The number of carbonyl (C=O) groups excluding carboxylic acids is 4. The second-order valence-corrected chi connectivity index (χ2v) is 4.49. The first-order chi connectivity index (χ1) is 10.0. The summed E-state index contributed by atoms with van der Waals surface area (Å²) < 4.78 is 0. The Morgan fingerprint density at radius 2 is 1.17 bits per heavy atom. The van der Waals surface area contributed by atoms with E-state index in [-0.39, 0.29) is 75.5 Å². The molecular weight excluding hydrogens is 384 g/mol. The molecule has 0 rings (SSSR count). The molecule has 0 aromatic heterocycles. The van der Waals surface area contributed by atoms with Crippen LogP contribution in [0.4, 0.5) is 0 Å². The van der Waals surface area contributed by atoms with Crippen molar-refractivity contribution in [3.63, 3.8) is 0 Å². The fourth-order valence-electron chi connectivity index (χ4n) is 1.72. The van der Waals surface area contributed by atoms with Crippen molar-refractivity contribution in [2.75, 3.05) is 26.2 Å². The van der Waals surface area contributed by atoms with Gasteiger partial charge in [0.25, 0.3) is 0 Å². The minimum Gasteiger partial charge on any atom is -0.549 e. The number of rotatable bonds is 11. The maximum atomic E-state index is 10.6. The molecule has 0 aromatic rings. The third-order valence-electron chi connectivity index (χ3n) is 2.68. The number of carbonyl (C=O) groups is 4. The van der Waals surface area contributed by atoms with Gasteiger partial charge < -0.3 is 44.7 Å². The van der Waals surface area contributed by atoms with Crippen LogP contribution in [-0.2, 0) is 19.2 Å². The topological polar surface area (TPSA) is 187 Å². The van der Waals surface area contributed by atoms with Crippen LogP contribution in [0.15, 0.2) is 0 Å². The van der Waals surface area contributed by atoms with Crippen molar-refractivity contribution in [3.8, 4) is 0 Å². The van der Waals surface area contributed by atoms with E-state index in [0.29, 0.717) is 4.90 Å². The molecule has 0 saturated carbocycles. The van der Waals surface area contributed by atoms with Crippen LogP contribution < -0.4 is 20.4 Å². The van der Waals surface area contributed by atoms with Crippen LogP contribution in [0.3, 0.4) is 0 Å². The molecule has 0 saturated heterocycles. The van der Waals surface area contributed by atoms with Crippen molar-refractivity contribution in [3.05, 3.63) is 0 Å². The van der Waals surface area contributed by atoms with Crippen LogP contribution >= 0.6 is 0 Å². The van der Waals surface area contributed by atoms with Gasteiger partial charge in [-0.15, -0.1) is 0 Å². The fourth-order valence-corrected chi connectivity index (χ4v) is 1.72. The van der Waals surface area contributed by atoms with Crippen molar-refractivity contribution in [2.45, 2.75) is 19.2 Å². The average Bonchev–Trinajstić information content (AvgIpc) is 2.34. The molecule has 2 unspecified atom stereocenters. The van der Waals surface area contributed by atoms with Crippen molar-refractivity contribution in [1.82, 2.24) is 9.80 Å². The van der Waals surface area contributed by atoms with Gasteiger partial charge >= 0.3 is 75.5 Å². The van der Waals surface area contributed by atoms with Gasteiger partial charge in [-0.1, -0.05) is 0 Å². The van der Waals surface area contributed by atoms with Crippen LogP contribution in [0.5, 0.6) is 0 Å².